The minimum absolute atomic E-state index is 0.126. The summed E-state index contributed by atoms with van der Waals surface area (Å²) in [6, 6.07) is 1.72. The van der Waals surface area contributed by atoms with Gasteiger partial charge in [-0.3, -0.25) is 4.79 Å². The van der Waals surface area contributed by atoms with Crippen LogP contribution in [0.1, 0.15) is 16.2 Å². The monoisotopic (exact) mass is 300 g/mol. The van der Waals surface area contributed by atoms with Crippen molar-refractivity contribution in [3.63, 3.8) is 0 Å². The molecule has 0 saturated carbocycles. The van der Waals surface area contributed by atoms with E-state index in [9.17, 15) is 4.79 Å². The number of aromatic nitrogens is 2. The normalized spacial score (nSPS) is 10.4. The molecule has 2 heterocycles. The highest BCUT2D eigenvalue weighted by molar-refractivity contribution is 9.10. The van der Waals surface area contributed by atoms with Gasteiger partial charge in [0.1, 0.15) is 16.7 Å². The number of hydrogen-bond acceptors (Lipinski definition) is 4. The molecule has 0 aromatic carbocycles. The number of halogens is 2. The smallest absolute Gasteiger partial charge is 0.167 e. The predicted octanol–water partition coefficient (Wildman–Crippen LogP) is 3.27. The number of carbonyl (C=O) groups is 1. The summed E-state index contributed by atoms with van der Waals surface area (Å²) in [5.74, 6) is 0.948. The molecule has 6 heteroatoms. The zero-order chi connectivity index (χ0) is 11.7. The van der Waals surface area contributed by atoms with Gasteiger partial charge in [-0.1, -0.05) is 11.6 Å². The Morgan fingerprint density at radius 1 is 1.50 bits per heavy atom. The van der Waals surface area contributed by atoms with Crippen molar-refractivity contribution in [2.24, 2.45) is 0 Å². The lowest BCUT2D eigenvalue weighted by molar-refractivity contribution is 0.112. The van der Waals surface area contributed by atoms with Crippen LogP contribution in [0.4, 0.5) is 0 Å². The number of hydrogen-bond donors (Lipinski definition) is 0. The molecular weight excluding hydrogens is 295 g/mol. The Bertz CT molecular complexity index is 554. The average molecular weight is 302 g/mol. The fraction of sp³-hybridized carbons (Fsp3) is 0.100. The average Bonchev–Trinajstić information content (AvgIpc) is 2.63. The fourth-order valence-electron chi connectivity index (χ4n) is 1.29. The van der Waals surface area contributed by atoms with Crippen molar-refractivity contribution in [3.8, 4) is 11.5 Å². The van der Waals surface area contributed by atoms with Crippen LogP contribution in [-0.4, -0.2) is 16.3 Å². The van der Waals surface area contributed by atoms with E-state index in [4.69, 9.17) is 16.0 Å². The molecule has 0 unspecified atom stereocenters. The Morgan fingerprint density at radius 3 is 2.81 bits per heavy atom. The molecular formula is C10H6BrClN2O2. The molecule has 2 aromatic heterocycles. The molecule has 82 valence electrons. The van der Waals surface area contributed by atoms with Gasteiger partial charge in [0.25, 0.3) is 0 Å². The number of rotatable bonds is 2. The lowest BCUT2D eigenvalue weighted by Gasteiger charge is -2.04. The first kappa shape index (κ1) is 11.3. The molecule has 16 heavy (non-hydrogen) atoms. The fourth-order valence-corrected chi connectivity index (χ4v) is 1.93. The summed E-state index contributed by atoms with van der Waals surface area (Å²) in [6.45, 7) is 1.70. The van der Waals surface area contributed by atoms with E-state index in [0.29, 0.717) is 28.0 Å². The van der Waals surface area contributed by atoms with Gasteiger partial charge in [0.15, 0.2) is 12.0 Å². The van der Waals surface area contributed by atoms with Crippen LogP contribution in [0.5, 0.6) is 0 Å². The molecule has 0 atom stereocenters. The van der Waals surface area contributed by atoms with Crippen LogP contribution in [0.15, 0.2) is 21.2 Å². The molecule has 0 amide bonds. The standard InChI is InChI=1S/C10H6BrClN2O2/c1-5-13-8(6(4-15)10(12)14-5)9-7(11)2-3-16-9/h2-4H,1H3. The molecule has 0 fully saturated rings. The third-order valence-electron chi connectivity index (χ3n) is 1.96. The maximum atomic E-state index is 10.9. The van der Waals surface area contributed by atoms with Gasteiger partial charge in [-0.25, -0.2) is 9.97 Å². The maximum Gasteiger partial charge on any atom is 0.167 e. The first-order valence-corrected chi connectivity index (χ1v) is 5.53. The first-order valence-electron chi connectivity index (χ1n) is 4.36. The predicted molar refractivity (Wildman–Crippen MR) is 62.6 cm³/mol. The Hall–Kier alpha value is -1.20. The van der Waals surface area contributed by atoms with E-state index >= 15 is 0 Å². The Balaban J connectivity index is 2.73. The molecule has 2 aromatic rings. The first-order chi connectivity index (χ1) is 7.63. The molecule has 0 spiro atoms. The van der Waals surface area contributed by atoms with Crippen molar-refractivity contribution in [1.82, 2.24) is 9.97 Å². The van der Waals surface area contributed by atoms with E-state index in [-0.39, 0.29) is 10.7 Å². The van der Waals surface area contributed by atoms with E-state index in [1.807, 2.05) is 0 Å². The third kappa shape index (κ3) is 1.88. The number of nitrogens with zero attached hydrogens (tertiary/aromatic N) is 2. The quantitative estimate of drug-likeness (QED) is 0.631. The van der Waals surface area contributed by atoms with Crippen LogP contribution in [0.25, 0.3) is 11.5 Å². The Morgan fingerprint density at radius 2 is 2.25 bits per heavy atom. The largest absolute Gasteiger partial charge is 0.461 e. The topological polar surface area (TPSA) is 56.0 Å². The van der Waals surface area contributed by atoms with Crippen LogP contribution >= 0.6 is 27.5 Å². The number of furan rings is 1. The molecule has 0 N–H and O–H groups in total. The Labute approximate surface area is 105 Å². The molecule has 0 aliphatic carbocycles. The Kier molecular flexibility index (Phi) is 3.07. The highest BCUT2D eigenvalue weighted by Crippen LogP contribution is 2.31. The lowest BCUT2D eigenvalue weighted by atomic mass is 10.2. The number of aldehydes is 1. The van der Waals surface area contributed by atoms with Gasteiger partial charge in [0, 0.05) is 0 Å². The van der Waals surface area contributed by atoms with E-state index in [1.54, 1.807) is 13.0 Å². The second-order valence-electron chi connectivity index (χ2n) is 3.04. The van der Waals surface area contributed by atoms with Crippen LogP contribution < -0.4 is 0 Å². The van der Waals surface area contributed by atoms with Crippen molar-refractivity contribution in [3.05, 3.63) is 33.3 Å². The lowest BCUT2D eigenvalue weighted by Crippen LogP contribution is -1.99. The summed E-state index contributed by atoms with van der Waals surface area (Å²) in [5.41, 5.74) is 0.618. The van der Waals surface area contributed by atoms with Gasteiger partial charge >= 0.3 is 0 Å². The van der Waals surface area contributed by atoms with E-state index in [0.717, 1.165) is 0 Å². The zero-order valence-corrected chi connectivity index (χ0v) is 10.5. The van der Waals surface area contributed by atoms with Gasteiger partial charge in [0.2, 0.25) is 0 Å². The number of carbonyl (C=O) groups excluding carboxylic acids is 1. The second kappa shape index (κ2) is 4.35. The van der Waals surface area contributed by atoms with Gasteiger partial charge in [-0.15, -0.1) is 0 Å². The summed E-state index contributed by atoms with van der Waals surface area (Å²) >= 11 is 9.17. The van der Waals surface area contributed by atoms with Gasteiger partial charge in [-0.2, -0.15) is 0 Å². The SMILES string of the molecule is Cc1nc(Cl)c(C=O)c(-c2occc2Br)n1. The van der Waals surface area contributed by atoms with Gasteiger partial charge in [-0.05, 0) is 28.9 Å². The summed E-state index contributed by atoms with van der Waals surface area (Å²) < 4.78 is 5.96. The van der Waals surface area contributed by atoms with Crippen LogP contribution in [0, 0.1) is 6.92 Å². The van der Waals surface area contributed by atoms with Gasteiger partial charge < -0.3 is 4.42 Å². The maximum absolute atomic E-state index is 10.9. The van der Waals surface area contributed by atoms with E-state index in [2.05, 4.69) is 25.9 Å². The number of aryl methyl sites for hydroxylation is 1. The van der Waals surface area contributed by atoms with Crippen molar-refractivity contribution in [2.75, 3.05) is 0 Å². The molecule has 4 nitrogen and oxygen atoms in total. The highest BCUT2D eigenvalue weighted by Gasteiger charge is 2.17. The molecule has 0 radical (unpaired) electrons. The molecule has 0 bridgehead atoms. The summed E-state index contributed by atoms with van der Waals surface area (Å²) in [6.07, 6.45) is 2.12. The zero-order valence-electron chi connectivity index (χ0n) is 8.20. The van der Waals surface area contributed by atoms with Crippen LogP contribution in [0.2, 0.25) is 5.15 Å². The van der Waals surface area contributed by atoms with Crippen molar-refractivity contribution < 1.29 is 9.21 Å². The van der Waals surface area contributed by atoms with E-state index < -0.39 is 0 Å². The van der Waals surface area contributed by atoms with Crippen molar-refractivity contribution in [2.45, 2.75) is 6.92 Å². The minimum atomic E-state index is 0.126. The summed E-state index contributed by atoms with van der Waals surface area (Å²) in [5, 5.41) is 0.126. The highest BCUT2D eigenvalue weighted by atomic mass is 79.9. The van der Waals surface area contributed by atoms with E-state index in [1.165, 1.54) is 6.26 Å². The van der Waals surface area contributed by atoms with Crippen LogP contribution in [-0.2, 0) is 0 Å². The van der Waals surface area contributed by atoms with Crippen molar-refractivity contribution in [1.29, 1.82) is 0 Å². The summed E-state index contributed by atoms with van der Waals surface area (Å²) in [7, 11) is 0. The molecule has 2 rings (SSSR count). The second-order valence-corrected chi connectivity index (χ2v) is 4.25. The van der Waals surface area contributed by atoms with Gasteiger partial charge in [0.05, 0.1) is 16.3 Å². The summed E-state index contributed by atoms with van der Waals surface area (Å²) in [4.78, 5) is 19.0. The minimum Gasteiger partial charge on any atom is -0.461 e. The van der Waals surface area contributed by atoms with Crippen molar-refractivity contribution >= 4 is 33.8 Å². The third-order valence-corrected chi connectivity index (χ3v) is 2.87. The van der Waals surface area contributed by atoms with Crippen LogP contribution in [0.3, 0.4) is 0 Å². The molecule has 0 saturated heterocycles. The molecule has 0 aliphatic rings. The molecule has 0 aliphatic heterocycles.